The predicted octanol–water partition coefficient (Wildman–Crippen LogP) is 3.40. The number of hydrogen-bond acceptors (Lipinski definition) is 6. The van der Waals surface area contributed by atoms with Crippen molar-refractivity contribution < 1.29 is 19.1 Å². The second-order valence-corrected chi connectivity index (χ2v) is 10.2. The fourth-order valence-electron chi connectivity index (χ4n) is 5.39. The van der Waals surface area contributed by atoms with Gasteiger partial charge in [-0.3, -0.25) is 19.7 Å². The molecule has 37 heavy (non-hydrogen) atoms. The molecule has 3 aliphatic heterocycles. The van der Waals surface area contributed by atoms with Crippen LogP contribution in [0.5, 0.6) is 5.75 Å². The topological polar surface area (TPSA) is 112 Å². The molecule has 6 rings (SSSR count). The number of ether oxygens (including phenoxy) is 1. The molecule has 1 atom stereocenters. The highest BCUT2D eigenvalue weighted by Crippen LogP contribution is 2.31. The van der Waals surface area contributed by atoms with E-state index >= 15 is 0 Å². The molecule has 0 spiro atoms. The first kappa shape index (κ1) is 25.0. The average molecular weight is 501 g/mol. The quantitative estimate of drug-likeness (QED) is 0.623. The zero-order valence-electron chi connectivity index (χ0n) is 20.9. The van der Waals surface area contributed by atoms with Gasteiger partial charge >= 0.3 is 0 Å². The molecule has 0 radical (unpaired) electrons. The second kappa shape index (κ2) is 11.1. The Balaban J connectivity index is 0.000000195. The van der Waals surface area contributed by atoms with Gasteiger partial charge in [-0.15, -0.1) is 0 Å². The normalized spacial score (nSPS) is 21.8. The lowest BCUT2D eigenvalue weighted by atomic mass is 9.93. The van der Waals surface area contributed by atoms with E-state index in [2.05, 4.69) is 22.8 Å². The summed E-state index contributed by atoms with van der Waals surface area (Å²) in [7, 11) is 0. The minimum absolute atomic E-state index is 0.145. The summed E-state index contributed by atoms with van der Waals surface area (Å²) in [5, 5.41) is 14.2. The van der Waals surface area contributed by atoms with Gasteiger partial charge in [0.05, 0.1) is 17.7 Å². The summed E-state index contributed by atoms with van der Waals surface area (Å²) in [5.41, 5.74) is 3.57. The van der Waals surface area contributed by atoms with Gasteiger partial charge < -0.3 is 15.0 Å². The summed E-state index contributed by atoms with van der Waals surface area (Å²) in [6, 6.07) is 15.0. The lowest BCUT2D eigenvalue weighted by Crippen LogP contribution is -2.52. The fraction of sp³-hybridized carbons (Fsp3) is 0.448. The van der Waals surface area contributed by atoms with Crippen molar-refractivity contribution in [2.45, 2.75) is 69.6 Å². The molecule has 2 N–H and O–H groups in total. The highest BCUT2D eigenvalue weighted by Gasteiger charge is 2.39. The number of rotatable bonds is 4. The maximum Gasteiger partial charge on any atom is 0.255 e. The molecule has 8 heteroatoms. The van der Waals surface area contributed by atoms with Gasteiger partial charge in [0.15, 0.2) is 0 Å². The van der Waals surface area contributed by atoms with Crippen molar-refractivity contribution in [2.24, 2.45) is 0 Å². The number of piperidine rings is 1. The van der Waals surface area contributed by atoms with E-state index in [-0.39, 0.29) is 30.2 Å². The van der Waals surface area contributed by atoms with Crippen LogP contribution >= 0.6 is 0 Å². The summed E-state index contributed by atoms with van der Waals surface area (Å²) >= 11 is 0. The van der Waals surface area contributed by atoms with Crippen LogP contribution in [0.15, 0.2) is 42.5 Å². The number of nitrogens with zero attached hydrogens (tertiary/aromatic N) is 2. The van der Waals surface area contributed by atoms with Crippen molar-refractivity contribution in [3.63, 3.8) is 0 Å². The van der Waals surface area contributed by atoms with Crippen molar-refractivity contribution in [2.75, 3.05) is 13.1 Å². The first-order chi connectivity index (χ1) is 18.0. The number of nitrogens with one attached hydrogen (secondary N) is 2. The molecule has 8 nitrogen and oxygen atoms in total. The zero-order valence-corrected chi connectivity index (χ0v) is 20.9. The van der Waals surface area contributed by atoms with Crippen molar-refractivity contribution in [3.05, 3.63) is 64.7 Å². The first-order valence-corrected chi connectivity index (χ1v) is 13.2. The lowest BCUT2D eigenvalue weighted by molar-refractivity contribution is -0.136. The van der Waals surface area contributed by atoms with Crippen LogP contribution in [0.3, 0.4) is 0 Å². The van der Waals surface area contributed by atoms with Gasteiger partial charge in [-0.25, -0.2) is 0 Å². The minimum Gasteiger partial charge on any atom is -0.490 e. The van der Waals surface area contributed by atoms with E-state index in [1.807, 2.05) is 30.3 Å². The Morgan fingerprint density at radius 2 is 1.78 bits per heavy atom. The Hall–Kier alpha value is -3.70. The van der Waals surface area contributed by atoms with Gasteiger partial charge in [-0.05, 0) is 73.6 Å². The summed E-state index contributed by atoms with van der Waals surface area (Å²) in [6.07, 6.45) is 6.77. The van der Waals surface area contributed by atoms with Crippen LogP contribution in [0.25, 0.3) is 0 Å². The maximum atomic E-state index is 12.6. The molecule has 2 aromatic rings. The van der Waals surface area contributed by atoms with Crippen LogP contribution in [0.2, 0.25) is 0 Å². The molecule has 4 aliphatic rings. The molecule has 1 unspecified atom stereocenters. The third-order valence-electron chi connectivity index (χ3n) is 7.62. The maximum absolute atomic E-state index is 12.6. The van der Waals surface area contributed by atoms with Crippen LogP contribution in [-0.4, -0.2) is 47.9 Å². The molecule has 1 saturated carbocycles. The predicted molar refractivity (Wildman–Crippen MR) is 137 cm³/mol. The molecule has 3 fully saturated rings. The SMILES string of the molecule is N#Cc1cccc(C2CNC2)c1.O=C1CCC(N2Cc3cc(OC4CCCCC4)ccc3C2=O)C(=O)N1. The first-order valence-electron chi connectivity index (χ1n) is 13.2. The largest absolute Gasteiger partial charge is 0.490 e. The van der Waals surface area contributed by atoms with Crippen molar-refractivity contribution in [3.8, 4) is 11.8 Å². The van der Waals surface area contributed by atoms with E-state index in [9.17, 15) is 14.4 Å². The van der Waals surface area contributed by atoms with Crippen LogP contribution in [0, 0.1) is 11.3 Å². The monoisotopic (exact) mass is 500 g/mol. The Bertz CT molecular complexity index is 1230. The number of nitriles is 1. The third kappa shape index (κ3) is 5.67. The molecule has 3 amide bonds. The molecule has 3 heterocycles. The molecule has 192 valence electrons. The van der Waals surface area contributed by atoms with Gasteiger partial charge in [-0.1, -0.05) is 18.6 Å². The summed E-state index contributed by atoms with van der Waals surface area (Å²) < 4.78 is 6.08. The number of imide groups is 1. The Morgan fingerprint density at radius 3 is 2.49 bits per heavy atom. The van der Waals surface area contributed by atoms with Crippen LogP contribution in [0.1, 0.15) is 77.9 Å². The van der Waals surface area contributed by atoms with Gasteiger partial charge in [0, 0.05) is 37.5 Å². The second-order valence-electron chi connectivity index (χ2n) is 10.2. The van der Waals surface area contributed by atoms with Crippen molar-refractivity contribution >= 4 is 17.7 Å². The summed E-state index contributed by atoms with van der Waals surface area (Å²) in [4.78, 5) is 37.6. The van der Waals surface area contributed by atoms with Gasteiger partial charge in [-0.2, -0.15) is 5.26 Å². The summed E-state index contributed by atoms with van der Waals surface area (Å²) in [5.74, 6) is 0.625. The van der Waals surface area contributed by atoms with Crippen LogP contribution in [0.4, 0.5) is 0 Å². The smallest absolute Gasteiger partial charge is 0.255 e. The van der Waals surface area contributed by atoms with Crippen LogP contribution < -0.4 is 15.4 Å². The van der Waals surface area contributed by atoms with E-state index in [1.54, 1.807) is 11.0 Å². The number of carbonyl (C=O) groups is 3. The van der Waals surface area contributed by atoms with Crippen molar-refractivity contribution in [1.29, 1.82) is 5.26 Å². The lowest BCUT2D eigenvalue weighted by Gasteiger charge is -2.29. The van der Waals surface area contributed by atoms with E-state index in [0.29, 0.717) is 24.4 Å². The Labute approximate surface area is 217 Å². The van der Waals surface area contributed by atoms with E-state index in [1.165, 1.54) is 24.8 Å². The van der Waals surface area contributed by atoms with E-state index in [4.69, 9.17) is 10.00 Å². The number of carbonyl (C=O) groups excluding carboxylic acids is 3. The number of benzene rings is 2. The van der Waals surface area contributed by atoms with Gasteiger partial charge in [0.1, 0.15) is 11.8 Å². The Morgan fingerprint density at radius 1 is 0.973 bits per heavy atom. The molecule has 2 aromatic carbocycles. The van der Waals surface area contributed by atoms with E-state index < -0.39 is 6.04 Å². The van der Waals surface area contributed by atoms with E-state index in [0.717, 1.165) is 42.8 Å². The number of hydrogen-bond donors (Lipinski definition) is 2. The third-order valence-corrected chi connectivity index (χ3v) is 7.62. The Kier molecular flexibility index (Phi) is 7.52. The minimum atomic E-state index is -0.569. The molecule has 2 saturated heterocycles. The molecular formula is C29H32N4O4. The molecule has 0 bridgehead atoms. The van der Waals surface area contributed by atoms with Gasteiger partial charge in [0.25, 0.3) is 5.91 Å². The highest BCUT2D eigenvalue weighted by molar-refractivity contribution is 6.05. The summed E-state index contributed by atoms with van der Waals surface area (Å²) in [6.45, 7) is 2.49. The molecule has 1 aliphatic carbocycles. The number of fused-ring (bicyclic) bond motifs is 1. The zero-order chi connectivity index (χ0) is 25.8. The highest BCUT2D eigenvalue weighted by atomic mass is 16.5. The van der Waals surface area contributed by atoms with Gasteiger partial charge in [0.2, 0.25) is 11.8 Å². The molecule has 0 aromatic heterocycles. The standard InChI is InChI=1S/C19H22N2O4.C10H10N2/c22-17-9-8-16(18(23)20-17)21-11-12-10-14(6-7-15(12)19(21)24)25-13-4-2-1-3-5-13;11-5-8-2-1-3-9(4-8)10-6-12-7-10/h6-7,10,13,16H,1-5,8-9,11H2,(H,20,22,23);1-4,10,12H,6-7H2. The number of amides is 3. The van der Waals surface area contributed by atoms with Crippen LogP contribution in [-0.2, 0) is 16.1 Å². The fourth-order valence-corrected chi connectivity index (χ4v) is 5.39. The molecular weight excluding hydrogens is 468 g/mol. The average Bonchev–Trinajstić information content (AvgIpc) is 3.19. The van der Waals surface area contributed by atoms with Crippen molar-refractivity contribution in [1.82, 2.24) is 15.5 Å².